The van der Waals surface area contributed by atoms with Gasteiger partial charge in [-0.2, -0.15) is 0 Å². The van der Waals surface area contributed by atoms with Crippen LogP contribution in [-0.4, -0.2) is 49.7 Å². The molecule has 4 heteroatoms. The first kappa shape index (κ1) is 13.9. The third-order valence-electron chi connectivity index (χ3n) is 3.81. The van der Waals surface area contributed by atoms with E-state index in [9.17, 15) is 4.79 Å². The number of piperidine rings is 1. The summed E-state index contributed by atoms with van der Waals surface area (Å²) in [6.07, 6.45) is 2.55. The standard InChI is InChI=1S/C15H22N2O2/c1-16-9-3-4-12(10-16)11-17(2)14-7-5-13(6-8-14)15(18)19/h5-8,12H,3-4,9-11H2,1-2H3,(H,18,19). The Kier molecular flexibility index (Phi) is 4.43. The van der Waals surface area contributed by atoms with Gasteiger partial charge in [-0.1, -0.05) is 0 Å². The number of aromatic carboxylic acids is 1. The van der Waals surface area contributed by atoms with Crippen molar-refractivity contribution in [2.45, 2.75) is 12.8 Å². The zero-order chi connectivity index (χ0) is 13.8. The summed E-state index contributed by atoms with van der Waals surface area (Å²) in [5.74, 6) is -0.175. The van der Waals surface area contributed by atoms with E-state index in [-0.39, 0.29) is 0 Å². The van der Waals surface area contributed by atoms with Crippen LogP contribution in [0.3, 0.4) is 0 Å². The Morgan fingerprint density at radius 3 is 2.68 bits per heavy atom. The van der Waals surface area contributed by atoms with Gasteiger partial charge in [0.25, 0.3) is 0 Å². The molecule has 19 heavy (non-hydrogen) atoms. The van der Waals surface area contributed by atoms with Crippen molar-refractivity contribution in [1.82, 2.24) is 4.90 Å². The molecule has 1 N–H and O–H groups in total. The maximum absolute atomic E-state index is 10.8. The van der Waals surface area contributed by atoms with Crippen molar-refractivity contribution >= 4 is 11.7 Å². The lowest BCUT2D eigenvalue weighted by molar-refractivity contribution is 0.0697. The molecule has 1 aromatic carbocycles. The molecule has 104 valence electrons. The van der Waals surface area contributed by atoms with Gasteiger partial charge in [-0.15, -0.1) is 0 Å². The van der Waals surface area contributed by atoms with Crippen molar-refractivity contribution in [3.05, 3.63) is 29.8 Å². The highest BCUT2D eigenvalue weighted by Gasteiger charge is 2.18. The number of likely N-dealkylation sites (tertiary alicyclic amines) is 1. The summed E-state index contributed by atoms with van der Waals surface area (Å²) in [5.41, 5.74) is 1.42. The van der Waals surface area contributed by atoms with Gasteiger partial charge in [-0.25, -0.2) is 4.79 Å². The molecule has 1 aliphatic rings. The fourth-order valence-corrected chi connectivity index (χ4v) is 2.77. The smallest absolute Gasteiger partial charge is 0.335 e. The first-order valence-electron chi connectivity index (χ1n) is 6.79. The summed E-state index contributed by atoms with van der Waals surface area (Å²) < 4.78 is 0. The van der Waals surface area contributed by atoms with Gasteiger partial charge >= 0.3 is 5.97 Å². The zero-order valence-electron chi connectivity index (χ0n) is 11.7. The van der Waals surface area contributed by atoms with Gasteiger partial charge in [0, 0.05) is 25.8 Å². The summed E-state index contributed by atoms with van der Waals surface area (Å²) in [7, 11) is 4.25. The maximum atomic E-state index is 10.8. The first-order chi connectivity index (χ1) is 9.06. The molecular weight excluding hydrogens is 240 g/mol. The minimum absolute atomic E-state index is 0.342. The minimum atomic E-state index is -0.872. The third-order valence-corrected chi connectivity index (χ3v) is 3.81. The topological polar surface area (TPSA) is 43.8 Å². The number of carbonyl (C=O) groups is 1. The number of rotatable bonds is 4. The Balaban J connectivity index is 1.95. The molecule has 0 saturated carbocycles. The molecule has 1 fully saturated rings. The average molecular weight is 262 g/mol. The van der Waals surface area contributed by atoms with Gasteiger partial charge in [0.1, 0.15) is 0 Å². The Morgan fingerprint density at radius 1 is 1.42 bits per heavy atom. The molecule has 0 amide bonds. The van der Waals surface area contributed by atoms with Gasteiger partial charge in [0.15, 0.2) is 0 Å². The van der Waals surface area contributed by atoms with Crippen LogP contribution in [0.1, 0.15) is 23.2 Å². The molecule has 4 nitrogen and oxygen atoms in total. The van der Waals surface area contributed by atoms with Gasteiger partial charge in [0.05, 0.1) is 5.56 Å². The second kappa shape index (κ2) is 6.06. The Morgan fingerprint density at radius 2 is 2.11 bits per heavy atom. The molecule has 0 radical (unpaired) electrons. The fourth-order valence-electron chi connectivity index (χ4n) is 2.77. The number of hydrogen-bond donors (Lipinski definition) is 1. The fraction of sp³-hybridized carbons (Fsp3) is 0.533. The predicted octanol–water partition coefficient (Wildman–Crippen LogP) is 2.16. The number of anilines is 1. The second-order valence-electron chi connectivity index (χ2n) is 5.50. The molecule has 1 aromatic rings. The summed E-state index contributed by atoms with van der Waals surface area (Å²) in [4.78, 5) is 15.4. The highest BCUT2D eigenvalue weighted by molar-refractivity contribution is 5.88. The number of carboxylic acids is 1. The van der Waals surface area contributed by atoms with Crippen LogP contribution in [0.15, 0.2) is 24.3 Å². The van der Waals surface area contributed by atoms with E-state index in [0.29, 0.717) is 11.5 Å². The van der Waals surface area contributed by atoms with Crippen LogP contribution in [0.4, 0.5) is 5.69 Å². The van der Waals surface area contributed by atoms with Gasteiger partial charge in [-0.05, 0) is 56.6 Å². The molecule has 0 bridgehead atoms. The summed E-state index contributed by atoms with van der Waals surface area (Å²) in [6, 6.07) is 7.11. The van der Waals surface area contributed by atoms with Crippen molar-refractivity contribution in [2.24, 2.45) is 5.92 Å². The molecular formula is C15H22N2O2. The largest absolute Gasteiger partial charge is 0.478 e. The summed E-state index contributed by atoms with van der Waals surface area (Å²) in [6.45, 7) is 3.38. The van der Waals surface area contributed by atoms with Crippen LogP contribution in [0.2, 0.25) is 0 Å². The second-order valence-corrected chi connectivity index (χ2v) is 5.50. The molecule has 1 atom stereocenters. The van der Waals surface area contributed by atoms with E-state index in [0.717, 1.165) is 18.8 Å². The third kappa shape index (κ3) is 3.70. The van der Waals surface area contributed by atoms with Gasteiger partial charge < -0.3 is 14.9 Å². The molecule has 1 heterocycles. The van der Waals surface area contributed by atoms with E-state index < -0.39 is 5.97 Å². The van der Waals surface area contributed by atoms with E-state index in [2.05, 4.69) is 23.9 Å². The Bertz CT molecular complexity index is 430. The van der Waals surface area contributed by atoms with Gasteiger partial charge in [-0.3, -0.25) is 0 Å². The minimum Gasteiger partial charge on any atom is -0.478 e. The SMILES string of the molecule is CN1CCCC(CN(C)c2ccc(C(=O)O)cc2)C1. The van der Waals surface area contributed by atoms with E-state index in [4.69, 9.17) is 5.11 Å². The van der Waals surface area contributed by atoms with Crippen LogP contribution in [0, 0.1) is 5.92 Å². The molecule has 0 aliphatic carbocycles. The molecule has 1 saturated heterocycles. The molecule has 0 spiro atoms. The lowest BCUT2D eigenvalue weighted by Crippen LogP contribution is -2.38. The quantitative estimate of drug-likeness (QED) is 0.903. The lowest BCUT2D eigenvalue weighted by atomic mass is 9.98. The molecule has 1 aliphatic heterocycles. The number of hydrogen-bond acceptors (Lipinski definition) is 3. The molecule has 2 rings (SSSR count). The van der Waals surface area contributed by atoms with E-state index in [1.807, 2.05) is 12.1 Å². The van der Waals surface area contributed by atoms with Crippen molar-refractivity contribution in [3.8, 4) is 0 Å². The van der Waals surface area contributed by atoms with Crippen molar-refractivity contribution in [2.75, 3.05) is 38.6 Å². The summed E-state index contributed by atoms with van der Waals surface area (Å²) in [5, 5.41) is 8.89. The number of nitrogens with zero attached hydrogens (tertiary/aromatic N) is 2. The number of benzene rings is 1. The summed E-state index contributed by atoms with van der Waals surface area (Å²) >= 11 is 0. The monoisotopic (exact) mass is 262 g/mol. The van der Waals surface area contributed by atoms with Crippen LogP contribution in [0.25, 0.3) is 0 Å². The average Bonchev–Trinajstić information content (AvgIpc) is 2.39. The lowest BCUT2D eigenvalue weighted by Gasteiger charge is -2.33. The Labute approximate surface area is 114 Å². The highest BCUT2D eigenvalue weighted by Crippen LogP contribution is 2.20. The predicted molar refractivity (Wildman–Crippen MR) is 76.9 cm³/mol. The highest BCUT2D eigenvalue weighted by atomic mass is 16.4. The maximum Gasteiger partial charge on any atom is 0.335 e. The van der Waals surface area contributed by atoms with Crippen LogP contribution < -0.4 is 4.90 Å². The van der Waals surface area contributed by atoms with Gasteiger partial charge in [0.2, 0.25) is 0 Å². The van der Waals surface area contributed by atoms with E-state index in [1.54, 1.807) is 12.1 Å². The normalized spacial score (nSPS) is 20.2. The Hall–Kier alpha value is -1.55. The van der Waals surface area contributed by atoms with Crippen molar-refractivity contribution in [1.29, 1.82) is 0 Å². The van der Waals surface area contributed by atoms with Crippen molar-refractivity contribution < 1.29 is 9.90 Å². The zero-order valence-corrected chi connectivity index (χ0v) is 11.7. The van der Waals surface area contributed by atoms with Crippen molar-refractivity contribution in [3.63, 3.8) is 0 Å². The van der Waals surface area contributed by atoms with Crippen LogP contribution in [0.5, 0.6) is 0 Å². The van der Waals surface area contributed by atoms with E-state index in [1.165, 1.54) is 19.4 Å². The van der Waals surface area contributed by atoms with E-state index >= 15 is 0 Å². The first-order valence-corrected chi connectivity index (χ1v) is 6.79. The van der Waals surface area contributed by atoms with Crippen LogP contribution in [-0.2, 0) is 0 Å². The molecule has 0 aromatic heterocycles. The molecule has 1 unspecified atom stereocenters. The number of carboxylic acid groups (broad SMARTS) is 1. The van der Waals surface area contributed by atoms with Crippen LogP contribution >= 0.6 is 0 Å².